The molecular weight excluding hydrogens is 306 g/mol. The van der Waals surface area contributed by atoms with Gasteiger partial charge >= 0.3 is 5.97 Å². The van der Waals surface area contributed by atoms with E-state index in [1.54, 1.807) is 0 Å². The fourth-order valence-electron chi connectivity index (χ4n) is 4.00. The Bertz CT molecular complexity index is 437. The first-order valence-corrected chi connectivity index (χ1v) is 9.52. The van der Waals surface area contributed by atoms with Crippen LogP contribution in [-0.2, 0) is 9.59 Å². The van der Waals surface area contributed by atoms with Gasteiger partial charge in [-0.1, -0.05) is 33.1 Å². The van der Waals surface area contributed by atoms with Crippen LogP contribution >= 0.6 is 0 Å². The van der Waals surface area contributed by atoms with E-state index in [2.05, 4.69) is 23.6 Å². The van der Waals surface area contributed by atoms with Gasteiger partial charge in [0, 0.05) is 31.6 Å². The number of hydrogen-bond donors (Lipinski definition) is 2. The number of nitrogens with zero attached hydrogens (tertiary/aromatic N) is 2. The van der Waals surface area contributed by atoms with E-state index in [1.807, 2.05) is 0 Å². The number of unbranched alkanes of at least 4 members (excludes halogenated alkanes) is 4. The molecule has 4 unspecified atom stereocenters. The van der Waals surface area contributed by atoms with Crippen LogP contribution in [0.4, 0.5) is 0 Å². The minimum atomic E-state index is -0.720. The van der Waals surface area contributed by atoms with Crippen LogP contribution in [0.25, 0.3) is 0 Å². The van der Waals surface area contributed by atoms with Gasteiger partial charge in [0.2, 0.25) is 0 Å². The molecule has 2 saturated heterocycles. The molecule has 138 valence electrons. The number of carbonyl (C=O) groups is 2. The van der Waals surface area contributed by atoms with E-state index in [9.17, 15) is 9.59 Å². The Labute approximate surface area is 145 Å². The second-order valence-electron chi connectivity index (χ2n) is 7.27. The van der Waals surface area contributed by atoms with Crippen LogP contribution in [0.5, 0.6) is 0 Å². The standard InChI is InChI=1S/C18H33N3O3/c1-3-14-12-20(14)18(17(19)24,21-13-15(21)4-2)11-9-7-5-6-8-10-16(22)23/h14-15H,3-13H2,1-2H3,(H2,19,24)(H,22,23). The monoisotopic (exact) mass is 339 g/mol. The Morgan fingerprint density at radius 2 is 1.50 bits per heavy atom. The van der Waals surface area contributed by atoms with Gasteiger partial charge in [0.05, 0.1) is 0 Å². The zero-order valence-corrected chi connectivity index (χ0v) is 15.2. The minimum Gasteiger partial charge on any atom is -0.481 e. The fourth-order valence-corrected chi connectivity index (χ4v) is 4.00. The van der Waals surface area contributed by atoms with Crippen LogP contribution < -0.4 is 5.73 Å². The largest absolute Gasteiger partial charge is 0.481 e. The summed E-state index contributed by atoms with van der Waals surface area (Å²) in [6.45, 7) is 6.28. The summed E-state index contributed by atoms with van der Waals surface area (Å²) in [5, 5.41) is 8.65. The first-order chi connectivity index (χ1) is 11.5. The first-order valence-electron chi connectivity index (χ1n) is 9.52. The van der Waals surface area contributed by atoms with Crippen LogP contribution in [0.1, 0.15) is 71.6 Å². The van der Waals surface area contributed by atoms with E-state index in [-0.39, 0.29) is 12.3 Å². The summed E-state index contributed by atoms with van der Waals surface area (Å²) in [6.07, 6.45) is 7.89. The second-order valence-corrected chi connectivity index (χ2v) is 7.27. The third-order valence-electron chi connectivity index (χ3n) is 5.63. The summed E-state index contributed by atoms with van der Waals surface area (Å²) < 4.78 is 0. The van der Waals surface area contributed by atoms with Gasteiger partial charge in [-0.05, 0) is 32.1 Å². The van der Waals surface area contributed by atoms with Crippen molar-refractivity contribution in [3.63, 3.8) is 0 Å². The number of hydrogen-bond acceptors (Lipinski definition) is 4. The third-order valence-corrected chi connectivity index (χ3v) is 5.63. The van der Waals surface area contributed by atoms with E-state index in [1.165, 1.54) is 0 Å². The molecular formula is C18H33N3O3. The predicted molar refractivity (Wildman–Crippen MR) is 93.5 cm³/mol. The smallest absolute Gasteiger partial charge is 0.303 e. The molecule has 2 aliphatic rings. The maximum atomic E-state index is 12.4. The Morgan fingerprint density at radius 3 is 1.92 bits per heavy atom. The summed E-state index contributed by atoms with van der Waals surface area (Å²) in [5.41, 5.74) is 5.31. The lowest BCUT2D eigenvalue weighted by molar-refractivity contribution is -0.137. The molecule has 1 amide bonds. The van der Waals surface area contributed by atoms with E-state index in [0.717, 1.165) is 64.5 Å². The van der Waals surface area contributed by atoms with Crippen molar-refractivity contribution in [1.29, 1.82) is 0 Å². The third kappa shape index (κ3) is 4.28. The molecule has 0 bridgehead atoms. The number of carboxylic acids is 1. The van der Waals surface area contributed by atoms with E-state index >= 15 is 0 Å². The molecule has 6 heteroatoms. The fraction of sp³-hybridized carbons (Fsp3) is 0.889. The van der Waals surface area contributed by atoms with Gasteiger partial charge in [0.15, 0.2) is 5.66 Å². The van der Waals surface area contributed by atoms with Crippen molar-refractivity contribution in [3.05, 3.63) is 0 Å². The van der Waals surface area contributed by atoms with Crippen molar-refractivity contribution in [2.24, 2.45) is 5.73 Å². The van der Waals surface area contributed by atoms with Crippen molar-refractivity contribution in [1.82, 2.24) is 9.80 Å². The number of amides is 1. The van der Waals surface area contributed by atoms with Gasteiger partial charge in [-0.25, -0.2) is 0 Å². The summed E-state index contributed by atoms with van der Waals surface area (Å²) in [7, 11) is 0. The highest BCUT2D eigenvalue weighted by atomic mass is 16.4. The maximum absolute atomic E-state index is 12.4. The Balaban J connectivity index is 1.85. The highest BCUT2D eigenvalue weighted by Crippen LogP contribution is 2.44. The van der Waals surface area contributed by atoms with Crippen LogP contribution in [0.2, 0.25) is 0 Å². The highest BCUT2D eigenvalue weighted by molar-refractivity contribution is 5.85. The molecule has 6 nitrogen and oxygen atoms in total. The SMILES string of the molecule is CCC1CN1C(CCCCCCCC(=O)O)(C(N)=O)N1CC1CC. The number of carboxylic acid groups (broad SMARTS) is 1. The molecule has 0 aromatic carbocycles. The van der Waals surface area contributed by atoms with Gasteiger partial charge in [-0.3, -0.25) is 19.4 Å². The molecule has 4 atom stereocenters. The lowest BCUT2D eigenvalue weighted by Crippen LogP contribution is -2.57. The topological polar surface area (TPSA) is 86.4 Å². The van der Waals surface area contributed by atoms with Gasteiger partial charge in [-0.2, -0.15) is 0 Å². The quantitative estimate of drug-likeness (QED) is 0.397. The van der Waals surface area contributed by atoms with Gasteiger partial charge in [0.25, 0.3) is 5.91 Å². The lowest BCUT2D eigenvalue weighted by atomic mass is 9.98. The molecule has 0 aromatic heterocycles. The van der Waals surface area contributed by atoms with Crippen molar-refractivity contribution >= 4 is 11.9 Å². The molecule has 0 aliphatic carbocycles. The van der Waals surface area contributed by atoms with E-state index < -0.39 is 11.6 Å². The molecule has 0 radical (unpaired) electrons. The molecule has 3 N–H and O–H groups in total. The molecule has 0 saturated carbocycles. The van der Waals surface area contributed by atoms with Crippen molar-refractivity contribution in [3.8, 4) is 0 Å². The number of carbonyl (C=O) groups excluding carboxylic acids is 1. The van der Waals surface area contributed by atoms with E-state index in [0.29, 0.717) is 12.1 Å². The Morgan fingerprint density at radius 1 is 1.00 bits per heavy atom. The average molecular weight is 339 g/mol. The molecule has 0 aromatic rings. The number of rotatable bonds is 13. The molecule has 2 aliphatic heterocycles. The van der Waals surface area contributed by atoms with Gasteiger partial charge < -0.3 is 10.8 Å². The Hall–Kier alpha value is -1.14. The predicted octanol–water partition coefficient (Wildman–Crippen LogP) is 2.17. The summed E-state index contributed by atoms with van der Waals surface area (Å²) in [5.74, 6) is -0.915. The summed E-state index contributed by atoms with van der Waals surface area (Å²) >= 11 is 0. The summed E-state index contributed by atoms with van der Waals surface area (Å²) in [4.78, 5) is 27.5. The maximum Gasteiger partial charge on any atom is 0.303 e. The Kier molecular flexibility index (Phi) is 6.63. The summed E-state index contributed by atoms with van der Waals surface area (Å²) in [6, 6.07) is 0.984. The zero-order chi connectivity index (χ0) is 17.7. The number of primary amides is 1. The van der Waals surface area contributed by atoms with Gasteiger partial charge in [-0.15, -0.1) is 0 Å². The van der Waals surface area contributed by atoms with Gasteiger partial charge in [0.1, 0.15) is 0 Å². The molecule has 24 heavy (non-hydrogen) atoms. The van der Waals surface area contributed by atoms with Crippen LogP contribution in [0.15, 0.2) is 0 Å². The highest BCUT2D eigenvalue weighted by Gasteiger charge is 2.61. The number of aliphatic carboxylic acids is 1. The van der Waals surface area contributed by atoms with E-state index in [4.69, 9.17) is 10.8 Å². The van der Waals surface area contributed by atoms with Crippen molar-refractivity contribution in [2.45, 2.75) is 89.4 Å². The van der Waals surface area contributed by atoms with Crippen LogP contribution in [0.3, 0.4) is 0 Å². The minimum absolute atomic E-state index is 0.194. The number of nitrogens with two attached hydrogens (primary N) is 1. The molecule has 2 heterocycles. The van der Waals surface area contributed by atoms with Crippen LogP contribution in [0, 0.1) is 0 Å². The zero-order valence-electron chi connectivity index (χ0n) is 15.2. The molecule has 2 fully saturated rings. The lowest BCUT2D eigenvalue weighted by Gasteiger charge is -2.35. The first kappa shape index (κ1) is 19.2. The van der Waals surface area contributed by atoms with Crippen LogP contribution in [-0.4, -0.2) is 57.6 Å². The van der Waals surface area contributed by atoms with Crippen molar-refractivity contribution < 1.29 is 14.7 Å². The average Bonchev–Trinajstić information content (AvgIpc) is 3.44. The molecule has 0 spiro atoms. The van der Waals surface area contributed by atoms with Crippen molar-refractivity contribution in [2.75, 3.05) is 13.1 Å². The normalized spacial score (nSPS) is 30.6. The second kappa shape index (κ2) is 8.30. The molecule has 2 rings (SSSR count).